The van der Waals surface area contributed by atoms with Crippen LogP contribution in [0.1, 0.15) is 31.9 Å². The van der Waals surface area contributed by atoms with Gasteiger partial charge in [-0.3, -0.25) is 0 Å². The summed E-state index contributed by atoms with van der Waals surface area (Å²) in [6.45, 7) is 8.00. The molecule has 0 aliphatic heterocycles. The van der Waals surface area contributed by atoms with Crippen molar-refractivity contribution in [2.24, 2.45) is 4.99 Å². The minimum absolute atomic E-state index is 0.108. The number of nitrogens with one attached hydrogen (secondary N) is 2. The summed E-state index contributed by atoms with van der Waals surface area (Å²) in [5.41, 5.74) is 2.09. The van der Waals surface area contributed by atoms with Crippen LogP contribution in [-0.4, -0.2) is 30.1 Å². The molecule has 0 saturated carbocycles. The smallest absolute Gasteiger partial charge is 0.213 e. The van der Waals surface area contributed by atoms with Crippen molar-refractivity contribution in [2.75, 3.05) is 13.1 Å². The highest BCUT2D eigenvalue weighted by Crippen LogP contribution is 2.10. The van der Waals surface area contributed by atoms with Crippen LogP contribution in [0.5, 0.6) is 5.88 Å². The van der Waals surface area contributed by atoms with Crippen molar-refractivity contribution >= 4 is 5.96 Å². The molecule has 26 heavy (non-hydrogen) atoms. The van der Waals surface area contributed by atoms with Crippen LogP contribution < -0.4 is 15.4 Å². The van der Waals surface area contributed by atoms with Crippen molar-refractivity contribution in [3.05, 3.63) is 59.5 Å². The van der Waals surface area contributed by atoms with Gasteiger partial charge in [0.15, 0.2) is 5.96 Å². The fraction of sp³-hybridized carbons (Fsp3) is 0.400. The topological polar surface area (TPSA) is 58.5 Å². The molecule has 140 valence electrons. The Kier molecular flexibility index (Phi) is 7.86. The van der Waals surface area contributed by atoms with Crippen LogP contribution in [0.3, 0.4) is 0 Å². The zero-order chi connectivity index (χ0) is 18.8. The Hall–Kier alpha value is -2.63. The van der Waals surface area contributed by atoms with Gasteiger partial charge in [0.2, 0.25) is 5.88 Å². The molecule has 2 aromatic rings. The van der Waals surface area contributed by atoms with Crippen molar-refractivity contribution in [1.29, 1.82) is 0 Å². The summed E-state index contributed by atoms with van der Waals surface area (Å²) < 4.78 is 18.5. The lowest BCUT2D eigenvalue weighted by atomic mass is 10.1. The van der Waals surface area contributed by atoms with Crippen LogP contribution in [0.25, 0.3) is 0 Å². The Morgan fingerprint density at radius 3 is 2.46 bits per heavy atom. The van der Waals surface area contributed by atoms with Gasteiger partial charge in [-0.2, -0.15) is 0 Å². The molecule has 1 heterocycles. The van der Waals surface area contributed by atoms with E-state index in [1.807, 2.05) is 32.9 Å². The van der Waals surface area contributed by atoms with Gasteiger partial charge in [-0.15, -0.1) is 0 Å². The highest BCUT2D eigenvalue weighted by Gasteiger charge is 2.01. The third-order valence-corrected chi connectivity index (χ3v) is 3.54. The van der Waals surface area contributed by atoms with Gasteiger partial charge in [-0.25, -0.2) is 14.4 Å². The number of hydrogen-bond acceptors (Lipinski definition) is 3. The zero-order valence-electron chi connectivity index (χ0n) is 15.6. The molecule has 1 aromatic heterocycles. The van der Waals surface area contributed by atoms with E-state index < -0.39 is 0 Å². The van der Waals surface area contributed by atoms with Crippen LogP contribution in [-0.2, 0) is 13.0 Å². The zero-order valence-corrected chi connectivity index (χ0v) is 15.6. The average molecular weight is 358 g/mol. The molecule has 0 amide bonds. The first-order valence-corrected chi connectivity index (χ1v) is 8.95. The molecule has 0 saturated heterocycles. The Bertz CT molecular complexity index is 684. The van der Waals surface area contributed by atoms with Crippen LogP contribution >= 0.6 is 0 Å². The largest absolute Gasteiger partial charge is 0.475 e. The van der Waals surface area contributed by atoms with Crippen LogP contribution in [0.15, 0.2) is 47.6 Å². The first-order valence-electron chi connectivity index (χ1n) is 8.95. The van der Waals surface area contributed by atoms with E-state index in [0.29, 0.717) is 12.4 Å². The van der Waals surface area contributed by atoms with E-state index in [9.17, 15) is 4.39 Å². The number of nitrogens with zero attached hydrogens (tertiary/aromatic N) is 2. The molecular formula is C20H27FN4O. The maximum atomic E-state index is 12.9. The van der Waals surface area contributed by atoms with Crippen molar-refractivity contribution < 1.29 is 9.13 Å². The Morgan fingerprint density at radius 1 is 1.12 bits per heavy atom. The predicted octanol–water partition coefficient (Wildman–Crippen LogP) is 3.31. The summed E-state index contributed by atoms with van der Waals surface area (Å²) in [4.78, 5) is 8.86. The van der Waals surface area contributed by atoms with Gasteiger partial charge in [0.1, 0.15) is 5.82 Å². The number of pyridine rings is 1. The second kappa shape index (κ2) is 10.4. The minimum Gasteiger partial charge on any atom is -0.475 e. The van der Waals surface area contributed by atoms with E-state index in [1.54, 1.807) is 18.3 Å². The summed E-state index contributed by atoms with van der Waals surface area (Å²) in [6, 6.07) is 10.4. The van der Waals surface area contributed by atoms with E-state index in [-0.39, 0.29) is 11.9 Å². The van der Waals surface area contributed by atoms with Gasteiger partial charge in [-0.05, 0) is 50.5 Å². The number of aliphatic imine (C=N–C) groups is 1. The second-order valence-electron chi connectivity index (χ2n) is 6.17. The van der Waals surface area contributed by atoms with Gasteiger partial charge in [0, 0.05) is 25.4 Å². The summed E-state index contributed by atoms with van der Waals surface area (Å²) in [7, 11) is 0. The van der Waals surface area contributed by atoms with Gasteiger partial charge >= 0.3 is 0 Å². The van der Waals surface area contributed by atoms with Gasteiger partial charge in [0.25, 0.3) is 0 Å². The SMILES string of the molecule is CCNC(=NCc1ccc(OC(C)C)nc1)NCCc1ccc(F)cc1. The lowest BCUT2D eigenvalue weighted by molar-refractivity contribution is 0.232. The highest BCUT2D eigenvalue weighted by atomic mass is 19.1. The fourth-order valence-corrected chi connectivity index (χ4v) is 2.30. The number of hydrogen-bond donors (Lipinski definition) is 2. The number of benzene rings is 1. The van der Waals surface area contributed by atoms with E-state index in [1.165, 1.54) is 12.1 Å². The second-order valence-corrected chi connectivity index (χ2v) is 6.17. The maximum Gasteiger partial charge on any atom is 0.213 e. The maximum absolute atomic E-state index is 12.9. The average Bonchev–Trinajstić information content (AvgIpc) is 2.62. The van der Waals surface area contributed by atoms with Crippen LogP contribution in [0.4, 0.5) is 4.39 Å². The van der Waals surface area contributed by atoms with E-state index >= 15 is 0 Å². The number of guanidine groups is 1. The monoisotopic (exact) mass is 358 g/mol. The summed E-state index contributed by atoms with van der Waals surface area (Å²) in [5.74, 6) is 1.16. The Labute approximate surface area is 154 Å². The Morgan fingerprint density at radius 2 is 1.85 bits per heavy atom. The lowest BCUT2D eigenvalue weighted by Gasteiger charge is -2.12. The fourth-order valence-electron chi connectivity index (χ4n) is 2.30. The van der Waals surface area contributed by atoms with Crippen molar-refractivity contribution in [1.82, 2.24) is 15.6 Å². The van der Waals surface area contributed by atoms with Gasteiger partial charge in [0.05, 0.1) is 12.6 Å². The molecule has 0 aliphatic rings. The molecular weight excluding hydrogens is 331 g/mol. The van der Waals surface area contributed by atoms with Crippen molar-refractivity contribution in [3.63, 3.8) is 0 Å². The molecule has 2 rings (SSSR count). The summed E-state index contributed by atoms with van der Waals surface area (Å²) >= 11 is 0. The number of halogens is 1. The normalized spacial score (nSPS) is 11.5. The third kappa shape index (κ3) is 7.09. The quantitative estimate of drug-likeness (QED) is 0.561. The third-order valence-electron chi connectivity index (χ3n) is 3.54. The molecule has 5 nitrogen and oxygen atoms in total. The lowest BCUT2D eigenvalue weighted by Crippen LogP contribution is -2.38. The number of aromatic nitrogens is 1. The van der Waals surface area contributed by atoms with Crippen LogP contribution in [0.2, 0.25) is 0 Å². The molecule has 2 N–H and O–H groups in total. The van der Waals surface area contributed by atoms with E-state index in [0.717, 1.165) is 36.6 Å². The standard InChI is InChI=1S/C20H27FN4O/c1-4-22-20(23-12-11-16-5-8-18(21)9-6-16)25-14-17-7-10-19(24-13-17)26-15(2)3/h5-10,13,15H,4,11-12,14H2,1-3H3,(H2,22,23,25). The number of ether oxygens (including phenoxy) is 1. The van der Waals surface area contributed by atoms with Crippen molar-refractivity contribution in [2.45, 2.75) is 39.8 Å². The van der Waals surface area contributed by atoms with Crippen molar-refractivity contribution in [3.8, 4) is 5.88 Å². The van der Waals surface area contributed by atoms with Gasteiger partial charge in [-0.1, -0.05) is 18.2 Å². The molecule has 0 bridgehead atoms. The molecule has 0 unspecified atom stereocenters. The first kappa shape index (κ1) is 19.7. The predicted molar refractivity (Wildman–Crippen MR) is 103 cm³/mol. The Balaban J connectivity index is 1.86. The molecule has 6 heteroatoms. The van der Waals surface area contributed by atoms with E-state index in [2.05, 4.69) is 20.6 Å². The first-order chi connectivity index (χ1) is 12.6. The van der Waals surface area contributed by atoms with E-state index in [4.69, 9.17) is 4.74 Å². The minimum atomic E-state index is -0.213. The molecule has 0 radical (unpaired) electrons. The molecule has 0 aliphatic carbocycles. The molecule has 1 aromatic carbocycles. The molecule has 0 fully saturated rings. The van der Waals surface area contributed by atoms with Gasteiger partial charge < -0.3 is 15.4 Å². The molecule has 0 atom stereocenters. The summed E-state index contributed by atoms with van der Waals surface area (Å²) in [6.07, 6.45) is 2.69. The molecule has 0 spiro atoms. The summed E-state index contributed by atoms with van der Waals surface area (Å²) in [5, 5.41) is 6.51. The van der Waals surface area contributed by atoms with Crippen LogP contribution in [0, 0.1) is 5.82 Å². The highest BCUT2D eigenvalue weighted by molar-refractivity contribution is 5.79. The number of rotatable bonds is 8.